The molecule has 0 aliphatic rings. The van der Waals surface area contributed by atoms with Crippen LogP contribution in [0.25, 0.3) is 0 Å². The summed E-state index contributed by atoms with van der Waals surface area (Å²) in [5.74, 6) is 0.145. The van der Waals surface area contributed by atoms with Gasteiger partial charge in [-0.3, -0.25) is 0 Å². The molecule has 1 radical (unpaired) electrons. The van der Waals surface area contributed by atoms with Crippen LogP contribution in [0.15, 0.2) is 24.3 Å². The second-order valence-corrected chi connectivity index (χ2v) is 3.02. The zero-order valence-corrected chi connectivity index (χ0v) is 8.03. The van der Waals surface area contributed by atoms with E-state index in [9.17, 15) is 4.39 Å². The Morgan fingerprint density at radius 1 is 1.20 bits per heavy atom. The Morgan fingerprint density at radius 2 is 1.93 bits per heavy atom. The van der Waals surface area contributed by atoms with Crippen molar-refractivity contribution >= 4 is 11.6 Å². The van der Waals surface area contributed by atoms with Gasteiger partial charge in [-0.05, 0) is 19.1 Å². The van der Waals surface area contributed by atoms with Gasteiger partial charge in [0.15, 0.2) is 0 Å². The normalized spacial score (nSPS) is 10.0. The van der Waals surface area contributed by atoms with Crippen LogP contribution < -0.4 is 5.32 Å². The van der Waals surface area contributed by atoms with Crippen molar-refractivity contribution in [1.29, 1.82) is 0 Å². The molecule has 0 aliphatic heterocycles. The Bertz CT molecular complexity index is 455. The van der Waals surface area contributed by atoms with Gasteiger partial charge in [0.1, 0.15) is 0 Å². The number of hydrogen-bond donors (Lipinski definition) is 1. The number of aryl methyl sites for hydroxylation is 1. The number of benzene rings is 1. The number of anilines is 2. The van der Waals surface area contributed by atoms with Crippen molar-refractivity contribution in [1.82, 2.24) is 15.0 Å². The monoisotopic (exact) mass is 203 g/mol. The maximum atomic E-state index is 12.6. The minimum absolute atomic E-state index is 0.145. The molecule has 0 amide bonds. The van der Waals surface area contributed by atoms with E-state index in [0.717, 1.165) is 11.3 Å². The summed E-state index contributed by atoms with van der Waals surface area (Å²) in [4.78, 5) is 10.3. The number of aromatic nitrogens is 3. The van der Waals surface area contributed by atoms with Gasteiger partial charge in [-0.15, -0.1) is 0 Å². The maximum absolute atomic E-state index is 12.6. The van der Waals surface area contributed by atoms with Crippen molar-refractivity contribution in [3.8, 4) is 0 Å². The van der Waals surface area contributed by atoms with E-state index in [2.05, 4.69) is 26.6 Å². The highest BCUT2D eigenvalue weighted by atomic mass is 19.1. The molecule has 0 unspecified atom stereocenters. The Labute approximate surface area is 86.2 Å². The van der Waals surface area contributed by atoms with Gasteiger partial charge >= 0.3 is 6.08 Å². The molecule has 0 bridgehead atoms. The summed E-state index contributed by atoms with van der Waals surface area (Å²) in [7, 11) is 0. The molecule has 2 aromatic rings. The van der Waals surface area contributed by atoms with Gasteiger partial charge in [0.25, 0.3) is 0 Å². The largest absolute Gasteiger partial charge is 0.324 e. The minimum atomic E-state index is -0.848. The first-order valence-electron chi connectivity index (χ1n) is 4.35. The van der Waals surface area contributed by atoms with E-state index in [1.165, 1.54) is 0 Å². The smallest absolute Gasteiger partial charge is 0.314 e. The summed E-state index contributed by atoms with van der Waals surface area (Å²) >= 11 is 0. The van der Waals surface area contributed by atoms with Gasteiger partial charge in [-0.25, -0.2) is 0 Å². The second kappa shape index (κ2) is 4.00. The van der Waals surface area contributed by atoms with Gasteiger partial charge in [-0.2, -0.15) is 19.3 Å². The van der Waals surface area contributed by atoms with Gasteiger partial charge in [-0.1, -0.05) is 17.7 Å². The molecule has 0 saturated heterocycles. The minimum Gasteiger partial charge on any atom is -0.324 e. The van der Waals surface area contributed by atoms with Crippen molar-refractivity contribution in [2.45, 2.75) is 6.92 Å². The van der Waals surface area contributed by atoms with E-state index < -0.39 is 6.08 Å². The molecular formula is C10H8FN4. The molecule has 0 fully saturated rings. The van der Waals surface area contributed by atoms with E-state index >= 15 is 0 Å². The summed E-state index contributed by atoms with van der Waals surface area (Å²) in [6.45, 7) is 1.99. The first-order chi connectivity index (χ1) is 7.24. The first-order valence-corrected chi connectivity index (χ1v) is 4.35. The number of nitrogens with zero attached hydrogens (tertiary/aromatic N) is 3. The fraction of sp³-hybridized carbons (Fsp3) is 0.100. The highest BCUT2D eigenvalue weighted by Crippen LogP contribution is 2.12. The standard InChI is InChI=1S/C10H8FN4/c1-7-2-4-8(5-3-7)14-10-13-6-12-9(11)15-10/h2-5H,1H3,(H,12,13,14,15). The highest BCUT2D eigenvalue weighted by molar-refractivity contribution is 5.52. The summed E-state index contributed by atoms with van der Waals surface area (Å²) in [5, 5.41) is 2.84. The SMILES string of the molecule is Cc1ccc(Nc2n[c]nc(F)n2)cc1. The molecule has 0 aliphatic carbocycles. The van der Waals surface area contributed by atoms with Crippen molar-refractivity contribution in [3.05, 3.63) is 42.2 Å². The molecule has 75 valence electrons. The predicted octanol–water partition coefficient (Wildman–Crippen LogP) is 1.86. The average Bonchev–Trinajstić information content (AvgIpc) is 2.22. The van der Waals surface area contributed by atoms with E-state index in [0.29, 0.717) is 0 Å². The molecule has 1 aromatic carbocycles. The molecule has 1 N–H and O–H groups in total. The Morgan fingerprint density at radius 3 is 2.60 bits per heavy atom. The van der Waals surface area contributed by atoms with Crippen LogP contribution in [-0.4, -0.2) is 15.0 Å². The lowest BCUT2D eigenvalue weighted by molar-refractivity contribution is 0.533. The first kappa shape index (κ1) is 9.51. The lowest BCUT2D eigenvalue weighted by Gasteiger charge is -2.03. The van der Waals surface area contributed by atoms with Gasteiger partial charge in [0.2, 0.25) is 12.3 Å². The molecule has 5 heteroatoms. The lowest BCUT2D eigenvalue weighted by Crippen LogP contribution is -2.00. The van der Waals surface area contributed by atoms with E-state index in [1.807, 2.05) is 31.2 Å². The van der Waals surface area contributed by atoms with Crippen molar-refractivity contribution in [2.75, 3.05) is 5.32 Å². The third-order valence-corrected chi connectivity index (χ3v) is 1.80. The summed E-state index contributed by atoms with van der Waals surface area (Å²) < 4.78 is 12.6. The number of halogens is 1. The Kier molecular flexibility index (Phi) is 2.53. The molecule has 15 heavy (non-hydrogen) atoms. The fourth-order valence-electron chi connectivity index (χ4n) is 1.07. The quantitative estimate of drug-likeness (QED) is 0.809. The van der Waals surface area contributed by atoms with Crippen LogP contribution in [-0.2, 0) is 0 Å². The number of nitrogens with one attached hydrogen (secondary N) is 1. The lowest BCUT2D eigenvalue weighted by atomic mass is 10.2. The third-order valence-electron chi connectivity index (χ3n) is 1.80. The van der Waals surface area contributed by atoms with Gasteiger partial charge in [0.05, 0.1) is 0 Å². The highest BCUT2D eigenvalue weighted by Gasteiger charge is 1.99. The fourth-order valence-corrected chi connectivity index (χ4v) is 1.07. The van der Waals surface area contributed by atoms with E-state index in [-0.39, 0.29) is 5.95 Å². The van der Waals surface area contributed by atoms with Gasteiger partial charge in [0, 0.05) is 5.69 Å². The zero-order valence-electron chi connectivity index (χ0n) is 8.03. The number of rotatable bonds is 2. The van der Waals surface area contributed by atoms with Crippen LogP contribution in [0.5, 0.6) is 0 Å². The van der Waals surface area contributed by atoms with Crippen LogP contribution in [0.2, 0.25) is 0 Å². The predicted molar refractivity (Wildman–Crippen MR) is 53.1 cm³/mol. The Balaban J connectivity index is 2.18. The van der Waals surface area contributed by atoms with Crippen LogP contribution in [0, 0.1) is 19.3 Å². The molecule has 4 nitrogen and oxygen atoms in total. The molecular weight excluding hydrogens is 195 g/mol. The van der Waals surface area contributed by atoms with Crippen molar-refractivity contribution in [3.63, 3.8) is 0 Å². The molecule has 0 saturated carbocycles. The average molecular weight is 203 g/mol. The molecule has 0 spiro atoms. The van der Waals surface area contributed by atoms with E-state index in [1.54, 1.807) is 0 Å². The maximum Gasteiger partial charge on any atom is 0.314 e. The summed E-state index contributed by atoms with van der Waals surface area (Å²) in [5.41, 5.74) is 1.94. The van der Waals surface area contributed by atoms with E-state index in [4.69, 9.17) is 0 Å². The van der Waals surface area contributed by atoms with Crippen LogP contribution in [0.1, 0.15) is 5.56 Å². The second-order valence-electron chi connectivity index (χ2n) is 3.02. The Hall–Kier alpha value is -2.04. The van der Waals surface area contributed by atoms with Crippen molar-refractivity contribution < 1.29 is 4.39 Å². The third kappa shape index (κ3) is 2.46. The summed E-state index contributed by atoms with van der Waals surface area (Å²) in [6.07, 6.45) is 1.31. The van der Waals surface area contributed by atoms with Crippen LogP contribution in [0.4, 0.5) is 16.0 Å². The molecule has 2 rings (SSSR count). The molecule has 1 heterocycles. The molecule has 0 atom stereocenters. The van der Waals surface area contributed by atoms with Crippen LogP contribution >= 0.6 is 0 Å². The summed E-state index contributed by atoms with van der Waals surface area (Å²) in [6, 6.07) is 7.58. The molecule has 1 aromatic heterocycles. The van der Waals surface area contributed by atoms with Crippen LogP contribution in [0.3, 0.4) is 0 Å². The number of hydrogen-bond acceptors (Lipinski definition) is 4. The van der Waals surface area contributed by atoms with Gasteiger partial charge < -0.3 is 5.32 Å². The topological polar surface area (TPSA) is 50.7 Å². The van der Waals surface area contributed by atoms with Crippen molar-refractivity contribution in [2.24, 2.45) is 0 Å². The zero-order chi connectivity index (χ0) is 10.7.